The molecule has 18 heavy (non-hydrogen) atoms. The number of carbonyl (C=O) groups is 2. The molecule has 0 aromatic rings. The van der Waals surface area contributed by atoms with Gasteiger partial charge in [0.15, 0.2) is 0 Å². The van der Waals surface area contributed by atoms with Crippen LogP contribution in [0.2, 0.25) is 0 Å². The molecule has 5 heteroatoms. The summed E-state index contributed by atoms with van der Waals surface area (Å²) in [7, 11) is 0. The number of hydrogen-bond acceptors (Lipinski definition) is 4. The molecular formula is C13H22N2O3. The fourth-order valence-electron chi connectivity index (χ4n) is 2.73. The summed E-state index contributed by atoms with van der Waals surface area (Å²) < 4.78 is 5.38. The highest BCUT2D eigenvalue weighted by Crippen LogP contribution is 2.27. The lowest BCUT2D eigenvalue weighted by Crippen LogP contribution is -2.55. The van der Waals surface area contributed by atoms with Gasteiger partial charge in [0.25, 0.3) is 0 Å². The second kappa shape index (κ2) is 4.88. The quantitative estimate of drug-likeness (QED) is 0.661. The Morgan fingerprint density at radius 2 is 2.00 bits per heavy atom. The number of hydrogen-bond donors (Lipinski definition) is 0. The first kappa shape index (κ1) is 13.3. The Bertz CT molecular complexity index is 338. The maximum absolute atomic E-state index is 12.0. The van der Waals surface area contributed by atoms with E-state index in [0.29, 0.717) is 19.1 Å². The molecule has 1 amide bonds. The molecule has 102 valence electrons. The summed E-state index contributed by atoms with van der Waals surface area (Å²) in [5, 5.41) is 0. The minimum absolute atomic E-state index is 0.0517. The number of fused-ring (bicyclic) bond motifs is 1. The number of piperazine rings is 1. The third kappa shape index (κ3) is 2.83. The monoisotopic (exact) mass is 254 g/mol. The van der Waals surface area contributed by atoms with E-state index in [9.17, 15) is 9.59 Å². The van der Waals surface area contributed by atoms with Crippen molar-refractivity contribution >= 4 is 12.4 Å². The lowest BCUT2D eigenvalue weighted by molar-refractivity contribution is -0.112. The molecule has 2 heterocycles. The number of amides is 1. The van der Waals surface area contributed by atoms with E-state index in [1.807, 2.05) is 20.8 Å². The Balaban J connectivity index is 1.92. The molecule has 0 saturated carbocycles. The number of rotatable bonds is 1. The van der Waals surface area contributed by atoms with Crippen LogP contribution in [0, 0.1) is 0 Å². The zero-order valence-corrected chi connectivity index (χ0v) is 11.4. The molecule has 0 radical (unpaired) electrons. The van der Waals surface area contributed by atoms with Gasteiger partial charge in [-0.25, -0.2) is 4.79 Å². The molecule has 0 bridgehead atoms. The van der Waals surface area contributed by atoms with Crippen molar-refractivity contribution < 1.29 is 14.3 Å². The molecule has 2 aliphatic rings. The summed E-state index contributed by atoms with van der Waals surface area (Å²) >= 11 is 0. The van der Waals surface area contributed by atoms with Crippen LogP contribution < -0.4 is 0 Å². The van der Waals surface area contributed by atoms with Gasteiger partial charge < -0.3 is 14.4 Å². The summed E-state index contributed by atoms with van der Waals surface area (Å²) in [6, 6.07) is 0.372. The van der Waals surface area contributed by atoms with E-state index in [4.69, 9.17) is 4.74 Å². The van der Waals surface area contributed by atoms with Gasteiger partial charge in [0, 0.05) is 25.7 Å². The predicted molar refractivity (Wildman–Crippen MR) is 67.4 cm³/mol. The smallest absolute Gasteiger partial charge is 0.410 e. The van der Waals surface area contributed by atoms with Gasteiger partial charge in [-0.1, -0.05) is 0 Å². The standard InChI is InChI=1S/C13H22N2O3/c1-13(2,3)18-12(17)14-6-7-15-10(8-14)4-5-11(15)9-16/h9-11H,4-8H2,1-3H3/t10?,11-/m1/s1. The van der Waals surface area contributed by atoms with Crippen LogP contribution in [0.3, 0.4) is 0 Å². The van der Waals surface area contributed by atoms with E-state index in [2.05, 4.69) is 4.90 Å². The van der Waals surface area contributed by atoms with Gasteiger partial charge in [-0.2, -0.15) is 0 Å². The molecule has 0 aromatic heterocycles. The van der Waals surface area contributed by atoms with E-state index in [0.717, 1.165) is 25.7 Å². The molecule has 2 rings (SSSR count). The van der Waals surface area contributed by atoms with Gasteiger partial charge >= 0.3 is 6.09 Å². The van der Waals surface area contributed by atoms with Gasteiger partial charge in [0.1, 0.15) is 11.9 Å². The van der Waals surface area contributed by atoms with E-state index in [-0.39, 0.29) is 12.1 Å². The molecule has 5 nitrogen and oxygen atoms in total. The average Bonchev–Trinajstić information content (AvgIpc) is 2.68. The third-order valence-corrected chi connectivity index (χ3v) is 3.56. The molecule has 0 spiro atoms. The Hall–Kier alpha value is -1.10. The van der Waals surface area contributed by atoms with Crippen LogP contribution in [0.15, 0.2) is 0 Å². The van der Waals surface area contributed by atoms with Crippen LogP contribution in [0.25, 0.3) is 0 Å². The van der Waals surface area contributed by atoms with Gasteiger partial charge in [0.2, 0.25) is 0 Å². The number of carbonyl (C=O) groups excluding carboxylic acids is 2. The van der Waals surface area contributed by atoms with Gasteiger partial charge in [-0.05, 0) is 33.6 Å². The summed E-state index contributed by atoms with van der Waals surface area (Å²) in [4.78, 5) is 26.9. The minimum Gasteiger partial charge on any atom is -0.444 e. The number of ether oxygens (including phenoxy) is 1. The molecule has 0 aromatic carbocycles. The van der Waals surface area contributed by atoms with E-state index < -0.39 is 5.60 Å². The van der Waals surface area contributed by atoms with Gasteiger partial charge in [-0.3, -0.25) is 4.90 Å². The van der Waals surface area contributed by atoms with Crippen LogP contribution in [-0.4, -0.2) is 59.5 Å². The SMILES string of the molecule is CC(C)(C)OC(=O)N1CCN2C(CC[C@@H]2C=O)C1. The molecule has 1 unspecified atom stereocenters. The molecule has 2 fully saturated rings. The minimum atomic E-state index is -0.449. The van der Waals surface area contributed by atoms with Gasteiger partial charge in [0.05, 0.1) is 6.04 Å². The molecule has 2 saturated heterocycles. The predicted octanol–water partition coefficient (Wildman–Crippen LogP) is 1.27. The summed E-state index contributed by atoms with van der Waals surface area (Å²) in [6.07, 6.45) is 2.69. The Morgan fingerprint density at radius 1 is 1.28 bits per heavy atom. The van der Waals surface area contributed by atoms with Crippen LogP contribution in [0.4, 0.5) is 4.79 Å². The van der Waals surface area contributed by atoms with Crippen molar-refractivity contribution in [3.63, 3.8) is 0 Å². The van der Waals surface area contributed by atoms with Crippen molar-refractivity contribution in [3.05, 3.63) is 0 Å². The molecule has 0 aliphatic carbocycles. The van der Waals surface area contributed by atoms with Crippen LogP contribution in [0.5, 0.6) is 0 Å². The van der Waals surface area contributed by atoms with E-state index >= 15 is 0 Å². The third-order valence-electron chi connectivity index (χ3n) is 3.56. The lowest BCUT2D eigenvalue weighted by atomic mass is 10.1. The van der Waals surface area contributed by atoms with Crippen molar-refractivity contribution in [2.75, 3.05) is 19.6 Å². The second-order valence-electron chi connectivity index (χ2n) is 6.10. The Labute approximate surface area is 108 Å². The summed E-state index contributed by atoms with van der Waals surface area (Å²) in [5.74, 6) is 0. The fourth-order valence-corrected chi connectivity index (χ4v) is 2.73. The zero-order chi connectivity index (χ0) is 13.3. The summed E-state index contributed by atoms with van der Waals surface area (Å²) in [6.45, 7) is 7.72. The highest BCUT2D eigenvalue weighted by molar-refractivity contribution is 5.68. The molecule has 2 aliphatic heterocycles. The maximum atomic E-state index is 12.0. The molecule has 0 N–H and O–H groups in total. The summed E-state index contributed by atoms with van der Waals surface area (Å²) in [5.41, 5.74) is -0.449. The highest BCUT2D eigenvalue weighted by Gasteiger charge is 2.39. The van der Waals surface area contributed by atoms with Gasteiger partial charge in [-0.15, -0.1) is 0 Å². The van der Waals surface area contributed by atoms with Crippen molar-refractivity contribution in [1.82, 2.24) is 9.80 Å². The first-order valence-corrected chi connectivity index (χ1v) is 6.59. The first-order chi connectivity index (χ1) is 8.40. The lowest BCUT2D eigenvalue weighted by Gasteiger charge is -2.39. The Morgan fingerprint density at radius 3 is 2.61 bits per heavy atom. The average molecular weight is 254 g/mol. The second-order valence-corrected chi connectivity index (χ2v) is 6.10. The van der Waals surface area contributed by atoms with Crippen molar-refractivity contribution in [2.24, 2.45) is 0 Å². The maximum Gasteiger partial charge on any atom is 0.410 e. The first-order valence-electron chi connectivity index (χ1n) is 6.59. The largest absolute Gasteiger partial charge is 0.444 e. The van der Waals surface area contributed by atoms with Crippen LogP contribution in [0.1, 0.15) is 33.6 Å². The fraction of sp³-hybridized carbons (Fsp3) is 0.846. The number of nitrogens with zero attached hydrogens (tertiary/aromatic N) is 2. The zero-order valence-electron chi connectivity index (χ0n) is 11.4. The molecule has 2 atom stereocenters. The van der Waals surface area contributed by atoms with Crippen molar-refractivity contribution in [2.45, 2.75) is 51.3 Å². The van der Waals surface area contributed by atoms with E-state index in [1.54, 1.807) is 4.90 Å². The molecular weight excluding hydrogens is 232 g/mol. The van der Waals surface area contributed by atoms with Crippen molar-refractivity contribution in [1.29, 1.82) is 0 Å². The van der Waals surface area contributed by atoms with Crippen LogP contribution >= 0.6 is 0 Å². The Kier molecular flexibility index (Phi) is 3.61. The van der Waals surface area contributed by atoms with E-state index in [1.165, 1.54) is 0 Å². The number of aldehydes is 1. The topological polar surface area (TPSA) is 49.9 Å². The van der Waals surface area contributed by atoms with Crippen molar-refractivity contribution in [3.8, 4) is 0 Å². The highest BCUT2D eigenvalue weighted by atomic mass is 16.6. The normalized spacial score (nSPS) is 28.9. The van der Waals surface area contributed by atoms with Crippen LogP contribution in [-0.2, 0) is 9.53 Å².